The van der Waals surface area contributed by atoms with E-state index in [0.29, 0.717) is 5.02 Å². The molecule has 0 radical (unpaired) electrons. The number of carbonyl (C=O) groups is 1. The molecule has 0 atom stereocenters. The number of nitrogens with two attached hydrogens (primary N) is 1. The van der Waals surface area contributed by atoms with Crippen molar-refractivity contribution in [3.8, 4) is 0 Å². The number of halogens is 4. The third-order valence-corrected chi connectivity index (χ3v) is 3.36. The molecule has 0 saturated carbocycles. The second kappa shape index (κ2) is 5.27. The predicted molar refractivity (Wildman–Crippen MR) is 73.4 cm³/mol. The fourth-order valence-electron chi connectivity index (χ4n) is 1.58. The summed E-state index contributed by atoms with van der Waals surface area (Å²) < 4.78 is 27.0. The molecule has 19 heavy (non-hydrogen) atoms. The van der Waals surface area contributed by atoms with E-state index in [1.54, 1.807) is 0 Å². The number of carbonyl (C=O) groups excluding carboxylic acids is 1. The van der Waals surface area contributed by atoms with Crippen LogP contribution in [0.4, 0.5) is 14.5 Å². The number of anilines is 1. The summed E-state index contributed by atoms with van der Waals surface area (Å²) in [4.78, 5) is 12.1. The molecule has 0 aliphatic rings. The Hall–Kier alpha value is -1.46. The van der Waals surface area contributed by atoms with Crippen LogP contribution < -0.4 is 5.73 Å². The largest absolute Gasteiger partial charge is 0.398 e. The number of ketones is 1. The Morgan fingerprint density at radius 1 is 1.11 bits per heavy atom. The molecule has 0 aliphatic carbocycles. The fraction of sp³-hybridized carbons (Fsp3) is 0. The maximum Gasteiger partial charge on any atom is 0.198 e. The average molecular weight is 347 g/mol. The fourth-order valence-corrected chi connectivity index (χ4v) is 2.08. The van der Waals surface area contributed by atoms with Crippen molar-refractivity contribution < 1.29 is 13.6 Å². The molecule has 6 heteroatoms. The zero-order valence-electron chi connectivity index (χ0n) is 9.38. The van der Waals surface area contributed by atoms with Crippen molar-refractivity contribution in [3.63, 3.8) is 0 Å². The predicted octanol–water partition coefficient (Wildman–Crippen LogP) is 4.19. The summed E-state index contributed by atoms with van der Waals surface area (Å²) in [6.45, 7) is 0. The molecule has 0 aliphatic heterocycles. The number of benzene rings is 2. The molecule has 0 aromatic heterocycles. The molecule has 0 amide bonds. The Labute approximate surface area is 121 Å². The molecule has 0 bridgehead atoms. The van der Waals surface area contributed by atoms with Gasteiger partial charge in [0.25, 0.3) is 0 Å². The maximum absolute atomic E-state index is 13.7. The molecule has 0 spiro atoms. The van der Waals surface area contributed by atoms with Gasteiger partial charge in [0.2, 0.25) is 0 Å². The Kier molecular flexibility index (Phi) is 3.87. The smallest absolute Gasteiger partial charge is 0.198 e. The number of nitrogen functional groups attached to an aromatic ring is 1. The lowest BCUT2D eigenvalue weighted by Crippen LogP contribution is -2.08. The van der Waals surface area contributed by atoms with Crippen molar-refractivity contribution in [2.45, 2.75) is 0 Å². The molecule has 2 N–H and O–H groups in total. The lowest BCUT2D eigenvalue weighted by atomic mass is 10.0. The Morgan fingerprint density at radius 2 is 1.79 bits per heavy atom. The van der Waals surface area contributed by atoms with E-state index in [0.717, 1.165) is 12.1 Å². The van der Waals surface area contributed by atoms with Crippen LogP contribution >= 0.6 is 27.5 Å². The minimum atomic E-state index is -0.826. The first-order chi connectivity index (χ1) is 8.90. The minimum Gasteiger partial charge on any atom is -0.398 e. The van der Waals surface area contributed by atoms with Gasteiger partial charge >= 0.3 is 0 Å². The van der Waals surface area contributed by atoms with Crippen molar-refractivity contribution in [1.29, 1.82) is 0 Å². The summed E-state index contributed by atoms with van der Waals surface area (Å²) in [6, 6.07) is 5.93. The Balaban J connectivity index is 2.53. The van der Waals surface area contributed by atoms with Crippen molar-refractivity contribution in [3.05, 3.63) is 62.6 Å². The van der Waals surface area contributed by atoms with Gasteiger partial charge in [-0.05, 0) is 46.3 Å². The van der Waals surface area contributed by atoms with E-state index in [-0.39, 0.29) is 21.3 Å². The summed E-state index contributed by atoms with van der Waals surface area (Å²) in [5.41, 5.74) is 5.45. The van der Waals surface area contributed by atoms with E-state index in [9.17, 15) is 13.6 Å². The molecule has 0 saturated heterocycles. The van der Waals surface area contributed by atoms with Crippen LogP contribution in [0, 0.1) is 11.6 Å². The normalized spacial score (nSPS) is 10.5. The third kappa shape index (κ3) is 2.77. The Bertz CT molecular complexity index is 676. The van der Waals surface area contributed by atoms with Crippen LogP contribution in [0.15, 0.2) is 34.8 Å². The lowest BCUT2D eigenvalue weighted by molar-refractivity contribution is 0.103. The first kappa shape index (κ1) is 14.0. The lowest BCUT2D eigenvalue weighted by Gasteiger charge is -2.07. The first-order valence-corrected chi connectivity index (χ1v) is 6.31. The van der Waals surface area contributed by atoms with Crippen LogP contribution in [0.2, 0.25) is 5.02 Å². The van der Waals surface area contributed by atoms with E-state index in [4.69, 9.17) is 17.3 Å². The third-order valence-electron chi connectivity index (χ3n) is 2.51. The van der Waals surface area contributed by atoms with Crippen LogP contribution in [-0.4, -0.2) is 5.78 Å². The molecule has 2 aromatic carbocycles. The van der Waals surface area contributed by atoms with E-state index in [1.807, 2.05) is 0 Å². The van der Waals surface area contributed by atoms with Gasteiger partial charge in [0, 0.05) is 16.3 Å². The minimum absolute atomic E-state index is 0.0503. The van der Waals surface area contributed by atoms with Gasteiger partial charge in [-0.15, -0.1) is 0 Å². The van der Waals surface area contributed by atoms with E-state index in [2.05, 4.69) is 15.9 Å². The highest BCUT2D eigenvalue weighted by atomic mass is 79.9. The van der Waals surface area contributed by atoms with E-state index >= 15 is 0 Å². The second-order valence-corrected chi connectivity index (χ2v) is 5.10. The van der Waals surface area contributed by atoms with Gasteiger partial charge in [0.05, 0.1) is 10.0 Å². The molecule has 0 unspecified atom stereocenters. The average Bonchev–Trinajstić information content (AvgIpc) is 2.33. The SMILES string of the molecule is Nc1cc(Cl)ccc1C(=O)c1cc(F)c(Br)cc1F. The van der Waals surface area contributed by atoms with Crippen LogP contribution in [0.1, 0.15) is 15.9 Å². The van der Waals surface area contributed by atoms with E-state index < -0.39 is 17.4 Å². The molecule has 98 valence electrons. The van der Waals surface area contributed by atoms with Gasteiger partial charge in [0.15, 0.2) is 5.78 Å². The van der Waals surface area contributed by atoms with Gasteiger partial charge in [0.1, 0.15) is 11.6 Å². The number of rotatable bonds is 2. The second-order valence-electron chi connectivity index (χ2n) is 3.81. The zero-order chi connectivity index (χ0) is 14.2. The highest BCUT2D eigenvalue weighted by Crippen LogP contribution is 2.25. The molecule has 0 heterocycles. The molecule has 2 rings (SSSR count). The summed E-state index contributed by atoms with van der Waals surface area (Å²) in [6.07, 6.45) is 0. The van der Waals surface area contributed by atoms with Crippen molar-refractivity contribution in [2.75, 3.05) is 5.73 Å². The van der Waals surface area contributed by atoms with Gasteiger partial charge < -0.3 is 5.73 Å². The quantitative estimate of drug-likeness (QED) is 0.503. The summed E-state index contributed by atoms with van der Waals surface area (Å²) in [7, 11) is 0. The van der Waals surface area contributed by atoms with E-state index in [1.165, 1.54) is 18.2 Å². The summed E-state index contributed by atoms with van der Waals surface area (Å²) >= 11 is 8.55. The van der Waals surface area contributed by atoms with Gasteiger partial charge in [-0.1, -0.05) is 11.6 Å². The highest BCUT2D eigenvalue weighted by molar-refractivity contribution is 9.10. The molecule has 0 fully saturated rings. The molecular weight excluding hydrogens is 340 g/mol. The Morgan fingerprint density at radius 3 is 2.42 bits per heavy atom. The van der Waals surface area contributed by atoms with Gasteiger partial charge in [-0.3, -0.25) is 4.79 Å². The number of hydrogen-bond acceptors (Lipinski definition) is 2. The molecule has 2 nitrogen and oxygen atoms in total. The van der Waals surface area contributed by atoms with Crippen LogP contribution in [0.5, 0.6) is 0 Å². The topological polar surface area (TPSA) is 43.1 Å². The van der Waals surface area contributed by atoms with Gasteiger partial charge in [-0.25, -0.2) is 8.78 Å². The summed E-state index contributed by atoms with van der Waals surface area (Å²) in [5.74, 6) is -2.25. The first-order valence-electron chi connectivity index (χ1n) is 5.14. The van der Waals surface area contributed by atoms with Crippen LogP contribution in [0.25, 0.3) is 0 Å². The van der Waals surface area contributed by atoms with Crippen molar-refractivity contribution in [1.82, 2.24) is 0 Å². The van der Waals surface area contributed by atoms with Gasteiger partial charge in [-0.2, -0.15) is 0 Å². The van der Waals surface area contributed by atoms with Crippen LogP contribution in [0.3, 0.4) is 0 Å². The molecule has 2 aromatic rings. The van der Waals surface area contributed by atoms with Crippen LogP contribution in [-0.2, 0) is 0 Å². The van der Waals surface area contributed by atoms with Crippen molar-refractivity contribution in [2.24, 2.45) is 0 Å². The standard InChI is InChI=1S/C13H7BrClF2NO/c14-9-5-10(16)8(4-11(9)17)13(19)7-2-1-6(15)3-12(7)18/h1-5H,18H2. The monoisotopic (exact) mass is 345 g/mol. The van der Waals surface area contributed by atoms with Crippen molar-refractivity contribution >= 4 is 39.0 Å². The zero-order valence-corrected chi connectivity index (χ0v) is 11.7. The molecular formula is C13H7BrClF2NO. The summed E-state index contributed by atoms with van der Waals surface area (Å²) in [5, 5.41) is 0.358. The number of hydrogen-bond donors (Lipinski definition) is 1. The maximum atomic E-state index is 13.7. The highest BCUT2D eigenvalue weighted by Gasteiger charge is 2.19.